The van der Waals surface area contributed by atoms with Gasteiger partial charge in [-0.15, -0.1) is 0 Å². The molecule has 1 aromatic carbocycles. The molecule has 1 unspecified atom stereocenters. The van der Waals surface area contributed by atoms with Gasteiger partial charge in [0.1, 0.15) is 5.75 Å². The van der Waals surface area contributed by atoms with Crippen molar-refractivity contribution in [3.05, 3.63) is 29.3 Å². The lowest BCUT2D eigenvalue weighted by Gasteiger charge is -2.16. The number of ether oxygens (including phenoxy) is 1. The van der Waals surface area contributed by atoms with Gasteiger partial charge in [-0.3, -0.25) is 0 Å². The van der Waals surface area contributed by atoms with Crippen LogP contribution in [0.5, 0.6) is 5.75 Å². The van der Waals surface area contributed by atoms with E-state index < -0.39 is 0 Å². The van der Waals surface area contributed by atoms with E-state index in [1.165, 1.54) is 17.5 Å². The summed E-state index contributed by atoms with van der Waals surface area (Å²) in [7, 11) is 0. The summed E-state index contributed by atoms with van der Waals surface area (Å²) < 4.78 is 5.95. The standard InChI is InChI=1S/C17H29NO/c1-13(2)12-18-10-6-7-16(5)19-17-9-8-14(3)15(4)11-17/h8-9,11,13,16,18H,6-7,10,12H2,1-5H3. The number of nitrogens with one attached hydrogen (secondary N) is 1. The van der Waals surface area contributed by atoms with Gasteiger partial charge < -0.3 is 10.1 Å². The van der Waals surface area contributed by atoms with Crippen LogP contribution >= 0.6 is 0 Å². The summed E-state index contributed by atoms with van der Waals surface area (Å²) in [6.45, 7) is 13.1. The van der Waals surface area contributed by atoms with E-state index in [-0.39, 0.29) is 6.10 Å². The maximum Gasteiger partial charge on any atom is 0.119 e. The van der Waals surface area contributed by atoms with E-state index in [4.69, 9.17) is 4.74 Å². The monoisotopic (exact) mass is 263 g/mol. The molecule has 0 amide bonds. The van der Waals surface area contributed by atoms with Gasteiger partial charge in [0.05, 0.1) is 6.10 Å². The van der Waals surface area contributed by atoms with Crippen molar-refractivity contribution in [2.75, 3.05) is 13.1 Å². The van der Waals surface area contributed by atoms with Crippen molar-refractivity contribution in [1.82, 2.24) is 5.32 Å². The smallest absolute Gasteiger partial charge is 0.119 e. The van der Waals surface area contributed by atoms with Gasteiger partial charge >= 0.3 is 0 Å². The normalized spacial score (nSPS) is 12.7. The minimum Gasteiger partial charge on any atom is -0.491 e. The van der Waals surface area contributed by atoms with E-state index in [0.29, 0.717) is 0 Å². The van der Waals surface area contributed by atoms with Crippen molar-refractivity contribution in [1.29, 1.82) is 0 Å². The van der Waals surface area contributed by atoms with Crippen molar-refractivity contribution < 1.29 is 4.74 Å². The van der Waals surface area contributed by atoms with Crippen LogP contribution in [0.3, 0.4) is 0 Å². The molecule has 0 heterocycles. The van der Waals surface area contributed by atoms with Crippen molar-refractivity contribution in [2.24, 2.45) is 5.92 Å². The van der Waals surface area contributed by atoms with Crippen molar-refractivity contribution >= 4 is 0 Å². The lowest BCUT2D eigenvalue weighted by molar-refractivity contribution is 0.207. The quantitative estimate of drug-likeness (QED) is 0.713. The maximum atomic E-state index is 5.95. The van der Waals surface area contributed by atoms with Crippen molar-refractivity contribution in [3.63, 3.8) is 0 Å². The number of hydrogen-bond acceptors (Lipinski definition) is 2. The molecule has 0 saturated heterocycles. The van der Waals surface area contributed by atoms with Gasteiger partial charge in [-0.2, -0.15) is 0 Å². The first-order valence-corrected chi connectivity index (χ1v) is 7.43. The molecule has 0 spiro atoms. The molecule has 0 fully saturated rings. The Balaban J connectivity index is 2.23. The fourth-order valence-electron chi connectivity index (χ4n) is 1.98. The third-order valence-electron chi connectivity index (χ3n) is 3.33. The molecule has 0 radical (unpaired) electrons. The van der Waals surface area contributed by atoms with Crippen LogP contribution in [0.4, 0.5) is 0 Å². The summed E-state index contributed by atoms with van der Waals surface area (Å²) in [6.07, 6.45) is 2.54. The Kier molecular flexibility index (Phi) is 6.93. The van der Waals surface area contributed by atoms with Crippen LogP contribution in [-0.2, 0) is 0 Å². The van der Waals surface area contributed by atoms with Gasteiger partial charge in [-0.05, 0) is 75.9 Å². The van der Waals surface area contributed by atoms with Crippen LogP contribution in [0.1, 0.15) is 44.7 Å². The maximum absolute atomic E-state index is 5.95. The van der Waals surface area contributed by atoms with Crippen LogP contribution in [0.25, 0.3) is 0 Å². The largest absolute Gasteiger partial charge is 0.491 e. The number of aryl methyl sites for hydroxylation is 2. The molecule has 1 rings (SSSR count). The van der Waals surface area contributed by atoms with Crippen LogP contribution < -0.4 is 10.1 Å². The average molecular weight is 263 g/mol. The zero-order chi connectivity index (χ0) is 14.3. The first-order chi connectivity index (χ1) is 8.99. The second kappa shape index (κ2) is 8.21. The van der Waals surface area contributed by atoms with Crippen LogP contribution in [0.15, 0.2) is 18.2 Å². The number of benzene rings is 1. The molecule has 2 nitrogen and oxygen atoms in total. The summed E-state index contributed by atoms with van der Waals surface area (Å²) in [4.78, 5) is 0. The highest BCUT2D eigenvalue weighted by Gasteiger charge is 2.05. The Morgan fingerprint density at radius 2 is 1.84 bits per heavy atom. The highest BCUT2D eigenvalue weighted by molar-refractivity contribution is 5.33. The highest BCUT2D eigenvalue weighted by atomic mass is 16.5. The van der Waals surface area contributed by atoms with Crippen LogP contribution in [0.2, 0.25) is 0 Å². The minimum atomic E-state index is 0.281. The van der Waals surface area contributed by atoms with Gasteiger partial charge in [-0.1, -0.05) is 19.9 Å². The Bertz CT molecular complexity index is 374. The Hall–Kier alpha value is -1.02. The molecule has 19 heavy (non-hydrogen) atoms. The third-order valence-corrected chi connectivity index (χ3v) is 3.33. The fourth-order valence-corrected chi connectivity index (χ4v) is 1.98. The fraction of sp³-hybridized carbons (Fsp3) is 0.647. The molecule has 0 aliphatic heterocycles. The summed E-state index contributed by atoms with van der Waals surface area (Å²) in [6, 6.07) is 6.32. The molecule has 0 saturated carbocycles. The predicted octanol–water partition coefficient (Wildman–Crippen LogP) is 4.10. The van der Waals surface area contributed by atoms with E-state index in [0.717, 1.165) is 31.2 Å². The summed E-state index contributed by atoms with van der Waals surface area (Å²) in [5.74, 6) is 1.72. The summed E-state index contributed by atoms with van der Waals surface area (Å²) in [5, 5.41) is 3.47. The van der Waals surface area contributed by atoms with E-state index >= 15 is 0 Å². The number of hydrogen-bond donors (Lipinski definition) is 1. The van der Waals surface area contributed by atoms with Crippen LogP contribution in [0, 0.1) is 19.8 Å². The summed E-state index contributed by atoms with van der Waals surface area (Å²) >= 11 is 0. The predicted molar refractivity (Wildman–Crippen MR) is 82.9 cm³/mol. The number of rotatable bonds is 8. The van der Waals surface area contributed by atoms with Gasteiger partial charge in [0.15, 0.2) is 0 Å². The van der Waals surface area contributed by atoms with E-state index in [1.807, 2.05) is 0 Å². The van der Waals surface area contributed by atoms with E-state index in [9.17, 15) is 0 Å². The molecule has 108 valence electrons. The SMILES string of the molecule is Cc1ccc(OC(C)CCCNCC(C)C)cc1C. The van der Waals surface area contributed by atoms with Gasteiger partial charge in [0.25, 0.3) is 0 Å². The van der Waals surface area contributed by atoms with E-state index in [1.54, 1.807) is 0 Å². The lowest BCUT2D eigenvalue weighted by Crippen LogP contribution is -2.22. The molecule has 0 aliphatic rings. The lowest BCUT2D eigenvalue weighted by atomic mass is 10.1. The molecular formula is C17H29NO. The van der Waals surface area contributed by atoms with Crippen LogP contribution in [-0.4, -0.2) is 19.2 Å². The highest BCUT2D eigenvalue weighted by Crippen LogP contribution is 2.18. The molecule has 2 heteroatoms. The van der Waals surface area contributed by atoms with Gasteiger partial charge in [-0.25, -0.2) is 0 Å². The molecule has 0 aromatic heterocycles. The second-order valence-electron chi connectivity index (χ2n) is 5.91. The van der Waals surface area contributed by atoms with E-state index in [2.05, 4.69) is 58.1 Å². The molecule has 1 N–H and O–H groups in total. The topological polar surface area (TPSA) is 21.3 Å². The third kappa shape index (κ3) is 6.63. The van der Waals surface area contributed by atoms with Gasteiger partial charge in [0.2, 0.25) is 0 Å². The second-order valence-corrected chi connectivity index (χ2v) is 5.91. The Morgan fingerprint density at radius 1 is 1.11 bits per heavy atom. The van der Waals surface area contributed by atoms with Gasteiger partial charge in [0, 0.05) is 0 Å². The molecule has 0 aliphatic carbocycles. The average Bonchev–Trinajstić information content (AvgIpc) is 2.33. The minimum absolute atomic E-state index is 0.281. The molecule has 1 aromatic rings. The zero-order valence-corrected chi connectivity index (χ0v) is 13.1. The Labute approximate surface area is 118 Å². The molecule has 0 bridgehead atoms. The molecular weight excluding hydrogens is 234 g/mol. The zero-order valence-electron chi connectivity index (χ0n) is 13.1. The van der Waals surface area contributed by atoms with Crippen molar-refractivity contribution in [3.8, 4) is 5.75 Å². The van der Waals surface area contributed by atoms with Crippen molar-refractivity contribution in [2.45, 2.75) is 53.6 Å². The first kappa shape index (κ1) is 16.0. The summed E-state index contributed by atoms with van der Waals surface area (Å²) in [5.41, 5.74) is 2.61. The molecule has 1 atom stereocenters. The Morgan fingerprint density at radius 3 is 2.47 bits per heavy atom. The first-order valence-electron chi connectivity index (χ1n) is 7.43.